The van der Waals surface area contributed by atoms with Crippen LogP contribution in [0.25, 0.3) is 0 Å². The van der Waals surface area contributed by atoms with E-state index in [1.54, 1.807) is 48.5 Å². The molecule has 0 saturated heterocycles. The summed E-state index contributed by atoms with van der Waals surface area (Å²) in [4.78, 5) is 37.9. The molecule has 0 unspecified atom stereocenters. The summed E-state index contributed by atoms with van der Waals surface area (Å²) in [6.07, 6.45) is -1.58. The number of carbonyl (C=O) groups excluding carboxylic acids is 3. The van der Waals surface area contributed by atoms with Crippen LogP contribution >= 0.6 is 0 Å². The molecule has 2 aromatic rings. The molecule has 29 heavy (non-hydrogen) atoms. The smallest absolute Gasteiger partial charge is 0.426 e. The van der Waals surface area contributed by atoms with Gasteiger partial charge in [0.05, 0.1) is 6.04 Å². The minimum absolute atomic E-state index is 0.104. The number of rotatable bonds is 8. The van der Waals surface area contributed by atoms with Crippen molar-refractivity contribution in [3.63, 3.8) is 0 Å². The molecule has 0 spiro atoms. The van der Waals surface area contributed by atoms with E-state index in [1.165, 1.54) is 0 Å². The average Bonchev–Trinajstić information content (AvgIpc) is 2.76. The molecular weight excluding hydrogens is 374 g/mol. The van der Waals surface area contributed by atoms with Gasteiger partial charge >= 0.3 is 12.2 Å². The maximum absolute atomic E-state index is 12.6. The molecule has 2 rings (SSSR count). The van der Waals surface area contributed by atoms with Crippen LogP contribution < -0.4 is 11.5 Å². The van der Waals surface area contributed by atoms with Gasteiger partial charge in [0.1, 0.15) is 13.2 Å². The second-order valence-electron chi connectivity index (χ2n) is 6.29. The minimum atomic E-state index is -1.14. The van der Waals surface area contributed by atoms with Crippen molar-refractivity contribution in [1.29, 1.82) is 0 Å². The van der Waals surface area contributed by atoms with Gasteiger partial charge in [0.2, 0.25) is 0 Å². The fourth-order valence-corrected chi connectivity index (χ4v) is 2.45. The second kappa shape index (κ2) is 11.6. The fourth-order valence-electron chi connectivity index (χ4n) is 2.45. The zero-order valence-corrected chi connectivity index (χ0v) is 16.0. The lowest BCUT2D eigenvalue weighted by atomic mass is 10.1. The van der Waals surface area contributed by atoms with Gasteiger partial charge in [-0.25, -0.2) is 9.59 Å². The Balaban J connectivity index is 2.07. The normalized spacial score (nSPS) is 11.4. The first-order chi connectivity index (χ1) is 14.0. The van der Waals surface area contributed by atoms with Gasteiger partial charge in [-0.2, -0.15) is 0 Å². The molecule has 0 aromatic heterocycles. The molecule has 8 heteroatoms. The molecule has 0 saturated carbocycles. The van der Waals surface area contributed by atoms with Crippen LogP contribution in [0.3, 0.4) is 0 Å². The number of hydrogen-bond donors (Lipinski definition) is 2. The van der Waals surface area contributed by atoms with Gasteiger partial charge in [0.25, 0.3) is 5.91 Å². The van der Waals surface area contributed by atoms with E-state index in [9.17, 15) is 14.4 Å². The Morgan fingerprint density at radius 2 is 1.28 bits per heavy atom. The molecule has 0 fully saturated rings. The summed E-state index contributed by atoms with van der Waals surface area (Å²) in [7, 11) is 0. The van der Waals surface area contributed by atoms with Crippen molar-refractivity contribution in [1.82, 2.24) is 4.90 Å². The SMILES string of the molecule is NCCC[C@H](N)C(=O)N(C(=O)OCc1ccccc1)C(=O)OCc1ccccc1. The Bertz CT molecular complexity index is 743. The van der Waals surface area contributed by atoms with Gasteiger partial charge < -0.3 is 20.9 Å². The molecule has 154 valence electrons. The summed E-state index contributed by atoms with van der Waals surface area (Å²) in [6, 6.07) is 16.7. The Labute approximate surface area is 169 Å². The number of nitrogens with zero attached hydrogens (tertiary/aromatic N) is 1. The number of imide groups is 3. The van der Waals surface area contributed by atoms with Crippen LogP contribution in [0.15, 0.2) is 60.7 Å². The monoisotopic (exact) mass is 399 g/mol. The van der Waals surface area contributed by atoms with E-state index in [1.807, 2.05) is 12.1 Å². The van der Waals surface area contributed by atoms with Crippen LogP contribution in [-0.2, 0) is 27.5 Å². The molecule has 8 nitrogen and oxygen atoms in total. The maximum atomic E-state index is 12.6. The first-order valence-corrected chi connectivity index (χ1v) is 9.24. The van der Waals surface area contributed by atoms with Crippen molar-refractivity contribution in [3.05, 3.63) is 71.8 Å². The lowest BCUT2D eigenvalue weighted by molar-refractivity contribution is -0.129. The summed E-state index contributed by atoms with van der Waals surface area (Å²) in [6.45, 7) is 0.124. The molecule has 0 aliphatic rings. The Morgan fingerprint density at radius 3 is 1.69 bits per heavy atom. The molecular formula is C21H25N3O5. The first kappa shape index (κ1) is 22.1. The van der Waals surface area contributed by atoms with Crippen molar-refractivity contribution < 1.29 is 23.9 Å². The van der Waals surface area contributed by atoms with E-state index in [0.29, 0.717) is 29.0 Å². The molecule has 0 aliphatic heterocycles. The van der Waals surface area contributed by atoms with E-state index in [-0.39, 0.29) is 19.6 Å². The Hall–Kier alpha value is -3.23. The third-order valence-electron chi connectivity index (χ3n) is 4.03. The van der Waals surface area contributed by atoms with Crippen LogP contribution in [-0.4, -0.2) is 35.6 Å². The number of ether oxygens (including phenoxy) is 2. The van der Waals surface area contributed by atoms with Crippen LogP contribution in [0.4, 0.5) is 9.59 Å². The molecule has 1 atom stereocenters. The second-order valence-corrected chi connectivity index (χ2v) is 6.29. The predicted octanol–water partition coefficient (Wildman–Crippen LogP) is 2.55. The van der Waals surface area contributed by atoms with Gasteiger partial charge in [-0.1, -0.05) is 60.7 Å². The molecule has 4 N–H and O–H groups in total. The Kier molecular flexibility index (Phi) is 8.81. The topological polar surface area (TPSA) is 125 Å². The van der Waals surface area contributed by atoms with E-state index in [0.717, 1.165) is 0 Å². The first-order valence-electron chi connectivity index (χ1n) is 9.24. The van der Waals surface area contributed by atoms with Crippen LogP contribution in [0, 0.1) is 0 Å². The highest BCUT2D eigenvalue weighted by molar-refractivity contribution is 6.08. The quantitative estimate of drug-likeness (QED) is 0.699. The number of nitrogens with two attached hydrogens (primary N) is 2. The van der Waals surface area contributed by atoms with Gasteiger partial charge in [0.15, 0.2) is 0 Å². The van der Waals surface area contributed by atoms with Gasteiger partial charge in [-0.15, -0.1) is 4.90 Å². The fraction of sp³-hybridized carbons (Fsp3) is 0.286. The summed E-state index contributed by atoms with van der Waals surface area (Å²) in [5, 5.41) is 0. The van der Waals surface area contributed by atoms with E-state index < -0.39 is 24.1 Å². The van der Waals surface area contributed by atoms with E-state index in [2.05, 4.69) is 0 Å². The van der Waals surface area contributed by atoms with Crippen molar-refractivity contribution in [2.75, 3.05) is 6.54 Å². The highest BCUT2D eigenvalue weighted by atomic mass is 16.6. The van der Waals surface area contributed by atoms with Crippen molar-refractivity contribution in [3.8, 4) is 0 Å². The number of benzene rings is 2. The predicted molar refractivity (Wildman–Crippen MR) is 106 cm³/mol. The summed E-state index contributed by atoms with van der Waals surface area (Å²) in [5.74, 6) is -0.894. The van der Waals surface area contributed by atoms with Crippen LogP contribution in [0.2, 0.25) is 0 Å². The molecule has 0 bridgehead atoms. The van der Waals surface area contributed by atoms with Crippen molar-refractivity contribution in [2.24, 2.45) is 11.5 Å². The average molecular weight is 399 g/mol. The standard InChI is InChI=1S/C21H25N3O5/c22-13-7-12-18(23)19(25)24(20(26)28-14-16-8-3-1-4-9-16)21(27)29-15-17-10-5-2-6-11-17/h1-6,8-11,18H,7,12-15,22-23H2/t18-/m0/s1. The van der Waals surface area contributed by atoms with Crippen LogP contribution in [0.1, 0.15) is 24.0 Å². The highest BCUT2D eigenvalue weighted by Crippen LogP contribution is 2.10. The lowest BCUT2D eigenvalue weighted by Gasteiger charge is -2.21. The zero-order chi connectivity index (χ0) is 21.1. The minimum Gasteiger partial charge on any atom is -0.444 e. The van der Waals surface area contributed by atoms with Gasteiger partial charge in [0, 0.05) is 0 Å². The molecule has 2 aromatic carbocycles. The third kappa shape index (κ3) is 7.02. The molecule has 0 radical (unpaired) electrons. The zero-order valence-electron chi connectivity index (χ0n) is 16.0. The highest BCUT2D eigenvalue weighted by Gasteiger charge is 2.35. The van der Waals surface area contributed by atoms with Crippen molar-refractivity contribution >= 4 is 18.1 Å². The Morgan fingerprint density at radius 1 is 0.828 bits per heavy atom. The largest absolute Gasteiger partial charge is 0.444 e. The maximum Gasteiger partial charge on any atom is 0.426 e. The summed E-state index contributed by atoms with van der Waals surface area (Å²) >= 11 is 0. The lowest BCUT2D eigenvalue weighted by Crippen LogP contribution is -2.50. The number of carbonyl (C=O) groups is 3. The third-order valence-corrected chi connectivity index (χ3v) is 4.03. The number of amides is 3. The number of hydrogen-bond acceptors (Lipinski definition) is 7. The summed E-state index contributed by atoms with van der Waals surface area (Å²) in [5.41, 5.74) is 12.7. The molecule has 3 amide bonds. The van der Waals surface area contributed by atoms with E-state index in [4.69, 9.17) is 20.9 Å². The van der Waals surface area contributed by atoms with Gasteiger partial charge in [-0.05, 0) is 30.5 Å². The van der Waals surface area contributed by atoms with Crippen LogP contribution in [0.5, 0.6) is 0 Å². The summed E-state index contributed by atoms with van der Waals surface area (Å²) < 4.78 is 10.2. The molecule has 0 heterocycles. The van der Waals surface area contributed by atoms with E-state index >= 15 is 0 Å². The molecule has 0 aliphatic carbocycles. The van der Waals surface area contributed by atoms with Crippen molar-refractivity contribution in [2.45, 2.75) is 32.1 Å². The van der Waals surface area contributed by atoms with Gasteiger partial charge in [-0.3, -0.25) is 4.79 Å².